The number of nitrogens with zero attached hydrogens (tertiary/aromatic N) is 1. The van der Waals surface area contributed by atoms with Gasteiger partial charge in [-0.1, -0.05) is 24.3 Å². The number of hydrogen-bond donors (Lipinski definition) is 3. The third-order valence-corrected chi connectivity index (χ3v) is 4.80. The number of aromatic amines is 1. The summed E-state index contributed by atoms with van der Waals surface area (Å²) in [4.78, 5) is 8.03. The zero-order chi connectivity index (χ0) is 20.5. The summed E-state index contributed by atoms with van der Waals surface area (Å²) in [6.45, 7) is 4.31. The summed E-state index contributed by atoms with van der Waals surface area (Å²) in [7, 11) is 3.28. The van der Waals surface area contributed by atoms with E-state index in [0.29, 0.717) is 6.54 Å². The van der Waals surface area contributed by atoms with Crippen LogP contribution in [-0.4, -0.2) is 38.3 Å². The van der Waals surface area contributed by atoms with Gasteiger partial charge in [-0.05, 0) is 49.1 Å². The van der Waals surface area contributed by atoms with Crippen molar-refractivity contribution in [1.29, 1.82) is 0 Å². The van der Waals surface area contributed by atoms with Crippen LogP contribution in [0.15, 0.2) is 53.7 Å². The van der Waals surface area contributed by atoms with Crippen molar-refractivity contribution in [2.75, 3.05) is 27.3 Å². The Hall–Kier alpha value is -3.15. The highest BCUT2D eigenvalue weighted by Crippen LogP contribution is 2.27. The zero-order valence-electron chi connectivity index (χ0n) is 17.4. The van der Waals surface area contributed by atoms with Crippen LogP contribution in [0.3, 0.4) is 0 Å². The summed E-state index contributed by atoms with van der Waals surface area (Å²) < 4.78 is 10.7. The Morgan fingerprint density at radius 3 is 2.66 bits per heavy atom. The molecular formula is C23H30N4O2. The minimum absolute atomic E-state index is 0.568. The standard InChI is InChI=1S/C23H30N4O2/c1-4-24-23(27-15-17-11-12-21(28-2)22(14-17)29-3)25-13-7-8-18-16-26-20-10-6-5-9-19(18)20/h5-6,9-12,14,16,26H,4,7-8,13,15H2,1-3H3,(H2,24,25,27). The molecule has 0 saturated carbocycles. The lowest BCUT2D eigenvalue weighted by atomic mass is 10.1. The molecule has 0 saturated heterocycles. The number of rotatable bonds is 9. The smallest absolute Gasteiger partial charge is 0.191 e. The van der Waals surface area contributed by atoms with Crippen LogP contribution in [0.25, 0.3) is 10.9 Å². The molecule has 0 unspecified atom stereocenters. The molecule has 3 aromatic rings. The Balaban J connectivity index is 1.54. The minimum Gasteiger partial charge on any atom is -0.493 e. The number of ether oxygens (including phenoxy) is 2. The first-order valence-electron chi connectivity index (χ1n) is 10.0. The number of aromatic nitrogens is 1. The van der Waals surface area contributed by atoms with E-state index in [2.05, 4.69) is 53.0 Å². The zero-order valence-corrected chi connectivity index (χ0v) is 17.4. The van der Waals surface area contributed by atoms with Gasteiger partial charge in [0.15, 0.2) is 17.5 Å². The van der Waals surface area contributed by atoms with Crippen LogP contribution in [0.4, 0.5) is 0 Å². The molecule has 29 heavy (non-hydrogen) atoms. The molecule has 0 amide bonds. The lowest BCUT2D eigenvalue weighted by molar-refractivity contribution is 0.354. The number of fused-ring (bicyclic) bond motifs is 1. The molecule has 2 aromatic carbocycles. The lowest BCUT2D eigenvalue weighted by Gasteiger charge is -2.12. The van der Waals surface area contributed by atoms with E-state index in [1.807, 2.05) is 18.2 Å². The molecule has 1 heterocycles. The fraction of sp³-hybridized carbons (Fsp3) is 0.348. The lowest BCUT2D eigenvalue weighted by Crippen LogP contribution is -2.37. The molecule has 1 aromatic heterocycles. The maximum absolute atomic E-state index is 5.37. The summed E-state index contributed by atoms with van der Waals surface area (Å²) in [6.07, 6.45) is 4.16. The van der Waals surface area contributed by atoms with E-state index in [9.17, 15) is 0 Å². The van der Waals surface area contributed by atoms with Gasteiger partial charge in [0.1, 0.15) is 0 Å². The average Bonchev–Trinajstić information content (AvgIpc) is 3.17. The number of benzene rings is 2. The van der Waals surface area contributed by atoms with Gasteiger partial charge >= 0.3 is 0 Å². The van der Waals surface area contributed by atoms with Gasteiger partial charge in [0.25, 0.3) is 0 Å². The van der Waals surface area contributed by atoms with Crippen molar-refractivity contribution >= 4 is 16.9 Å². The quantitative estimate of drug-likeness (QED) is 0.293. The van der Waals surface area contributed by atoms with Crippen LogP contribution < -0.4 is 20.1 Å². The van der Waals surface area contributed by atoms with Crippen LogP contribution in [0, 0.1) is 0 Å². The molecule has 3 N–H and O–H groups in total. The highest BCUT2D eigenvalue weighted by Gasteiger charge is 2.05. The Morgan fingerprint density at radius 2 is 1.86 bits per heavy atom. The molecule has 0 radical (unpaired) electrons. The fourth-order valence-electron chi connectivity index (χ4n) is 3.32. The van der Waals surface area contributed by atoms with Crippen LogP contribution in [0.1, 0.15) is 24.5 Å². The Morgan fingerprint density at radius 1 is 1.03 bits per heavy atom. The minimum atomic E-state index is 0.568. The summed E-state index contributed by atoms with van der Waals surface area (Å²) >= 11 is 0. The van der Waals surface area contributed by atoms with Crippen molar-refractivity contribution in [3.63, 3.8) is 0 Å². The third-order valence-electron chi connectivity index (χ3n) is 4.80. The molecule has 0 atom stereocenters. The topological polar surface area (TPSA) is 70.7 Å². The molecule has 0 fully saturated rings. The predicted octanol–water partition coefficient (Wildman–Crippen LogP) is 3.87. The Bertz CT molecular complexity index is 949. The van der Waals surface area contributed by atoms with Crippen molar-refractivity contribution in [1.82, 2.24) is 15.6 Å². The number of guanidine groups is 1. The normalized spacial score (nSPS) is 11.5. The van der Waals surface area contributed by atoms with E-state index in [-0.39, 0.29) is 0 Å². The van der Waals surface area contributed by atoms with Crippen molar-refractivity contribution in [2.24, 2.45) is 4.99 Å². The molecular weight excluding hydrogens is 364 g/mol. The largest absolute Gasteiger partial charge is 0.493 e. The number of methoxy groups -OCH3 is 2. The van der Waals surface area contributed by atoms with Gasteiger partial charge in [-0.3, -0.25) is 0 Å². The second kappa shape index (κ2) is 10.4. The van der Waals surface area contributed by atoms with Gasteiger partial charge in [-0.15, -0.1) is 0 Å². The summed E-state index contributed by atoms with van der Waals surface area (Å²) in [6, 6.07) is 14.3. The SMILES string of the molecule is CCNC(=NCc1ccc(OC)c(OC)c1)NCCCc1c[nH]c2ccccc12. The summed E-state index contributed by atoms with van der Waals surface area (Å²) in [5, 5.41) is 8.04. The van der Waals surface area contributed by atoms with E-state index in [1.165, 1.54) is 16.5 Å². The van der Waals surface area contributed by atoms with Gasteiger partial charge < -0.3 is 25.1 Å². The fourth-order valence-corrected chi connectivity index (χ4v) is 3.32. The maximum Gasteiger partial charge on any atom is 0.191 e. The number of H-pyrrole nitrogens is 1. The number of aryl methyl sites for hydroxylation is 1. The molecule has 6 nitrogen and oxygen atoms in total. The maximum atomic E-state index is 5.37. The first kappa shape index (κ1) is 20.6. The number of nitrogens with one attached hydrogen (secondary N) is 3. The number of aliphatic imine (C=N–C) groups is 1. The third kappa shape index (κ3) is 5.44. The monoisotopic (exact) mass is 394 g/mol. The Labute approximate surface area is 172 Å². The first-order valence-corrected chi connectivity index (χ1v) is 10.0. The van der Waals surface area contributed by atoms with Crippen molar-refractivity contribution in [3.05, 3.63) is 59.8 Å². The van der Waals surface area contributed by atoms with Gasteiger partial charge in [-0.2, -0.15) is 0 Å². The van der Waals surface area contributed by atoms with Crippen molar-refractivity contribution in [3.8, 4) is 11.5 Å². The molecule has 6 heteroatoms. The highest BCUT2D eigenvalue weighted by atomic mass is 16.5. The van der Waals surface area contributed by atoms with Gasteiger partial charge in [0, 0.05) is 30.2 Å². The van der Waals surface area contributed by atoms with E-state index < -0.39 is 0 Å². The predicted molar refractivity (Wildman–Crippen MR) is 119 cm³/mol. The Kier molecular flexibility index (Phi) is 7.39. The van der Waals surface area contributed by atoms with Crippen LogP contribution in [0.5, 0.6) is 11.5 Å². The molecule has 3 rings (SSSR count). The van der Waals surface area contributed by atoms with Crippen LogP contribution >= 0.6 is 0 Å². The highest BCUT2D eigenvalue weighted by molar-refractivity contribution is 5.83. The first-order chi connectivity index (χ1) is 14.2. The molecule has 0 bridgehead atoms. The number of hydrogen-bond acceptors (Lipinski definition) is 3. The van der Waals surface area contributed by atoms with E-state index in [0.717, 1.165) is 49.0 Å². The number of para-hydroxylation sites is 1. The van der Waals surface area contributed by atoms with Crippen molar-refractivity contribution in [2.45, 2.75) is 26.3 Å². The van der Waals surface area contributed by atoms with Gasteiger partial charge in [0.2, 0.25) is 0 Å². The molecule has 0 spiro atoms. The average molecular weight is 395 g/mol. The van der Waals surface area contributed by atoms with Crippen LogP contribution in [-0.2, 0) is 13.0 Å². The van der Waals surface area contributed by atoms with Gasteiger partial charge in [-0.25, -0.2) is 4.99 Å². The summed E-state index contributed by atoms with van der Waals surface area (Å²) in [5.41, 5.74) is 3.62. The molecule has 0 aliphatic carbocycles. The molecule has 0 aliphatic heterocycles. The van der Waals surface area contributed by atoms with Gasteiger partial charge in [0.05, 0.1) is 20.8 Å². The van der Waals surface area contributed by atoms with E-state index in [1.54, 1.807) is 14.2 Å². The van der Waals surface area contributed by atoms with Crippen LogP contribution in [0.2, 0.25) is 0 Å². The summed E-state index contributed by atoms with van der Waals surface area (Å²) in [5.74, 6) is 2.26. The second-order valence-electron chi connectivity index (χ2n) is 6.77. The molecule has 0 aliphatic rings. The van der Waals surface area contributed by atoms with E-state index >= 15 is 0 Å². The van der Waals surface area contributed by atoms with E-state index in [4.69, 9.17) is 14.5 Å². The van der Waals surface area contributed by atoms with Crippen molar-refractivity contribution < 1.29 is 9.47 Å². The molecule has 154 valence electrons. The second-order valence-corrected chi connectivity index (χ2v) is 6.77.